The maximum absolute atomic E-state index is 12.1. The number of nitrogens with zero attached hydrogens (tertiary/aromatic N) is 2. The number of carbonyl (C=O) groups excluding carboxylic acids is 1. The van der Waals surface area contributed by atoms with E-state index in [1.807, 2.05) is 30.3 Å². The monoisotopic (exact) mass is 364 g/mol. The van der Waals surface area contributed by atoms with Crippen molar-refractivity contribution >= 4 is 44.8 Å². The number of carbonyl (C=O) groups is 1. The van der Waals surface area contributed by atoms with Crippen molar-refractivity contribution in [2.45, 2.75) is 25.7 Å². The minimum Gasteiger partial charge on any atom is -0.351 e. The van der Waals surface area contributed by atoms with Crippen molar-refractivity contribution in [3.8, 4) is 0 Å². The van der Waals surface area contributed by atoms with Gasteiger partial charge in [-0.1, -0.05) is 40.9 Å². The van der Waals surface area contributed by atoms with Gasteiger partial charge in [-0.25, -0.2) is 0 Å². The van der Waals surface area contributed by atoms with Gasteiger partial charge in [0.15, 0.2) is 5.17 Å². The molecule has 2 aliphatic heterocycles. The van der Waals surface area contributed by atoms with Gasteiger partial charge in [0.25, 0.3) is 5.91 Å². The number of thioether (sulfide) groups is 1. The number of aliphatic imine (C=N–C) groups is 1. The third-order valence-corrected chi connectivity index (χ3v) is 5.17. The van der Waals surface area contributed by atoms with E-state index in [4.69, 9.17) is 0 Å². The fourth-order valence-electron chi connectivity index (χ4n) is 2.54. The quantitative estimate of drug-likeness (QED) is 0.696. The maximum Gasteiger partial charge on any atom is 0.286 e. The molecule has 1 amide bonds. The van der Waals surface area contributed by atoms with Crippen molar-refractivity contribution in [2.24, 2.45) is 4.99 Å². The molecule has 0 radical (unpaired) electrons. The van der Waals surface area contributed by atoms with Gasteiger partial charge in [0.1, 0.15) is 0 Å². The highest BCUT2D eigenvalue weighted by Gasteiger charge is 2.26. The molecule has 1 saturated heterocycles. The Morgan fingerprint density at radius 3 is 2.67 bits per heavy atom. The molecule has 21 heavy (non-hydrogen) atoms. The lowest BCUT2D eigenvalue weighted by Gasteiger charge is -2.20. The van der Waals surface area contributed by atoms with Gasteiger partial charge >= 0.3 is 0 Å². The summed E-state index contributed by atoms with van der Waals surface area (Å²) in [5.41, 5.74) is 1.02. The first-order chi connectivity index (χ1) is 10.2. The van der Waals surface area contributed by atoms with Gasteiger partial charge in [-0.3, -0.25) is 4.79 Å². The predicted octanol–water partition coefficient (Wildman–Crippen LogP) is 4.30. The molecule has 0 aromatic heterocycles. The van der Waals surface area contributed by atoms with Gasteiger partial charge in [-0.2, -0.15) is 4.99 Å². The van der Waals surface area contributed by atoms with Gasteiger partial charge in [0.05, 0.1) is 4.91 Å². The van der Waals surface area contributed by atoms with E-state index in [-0.39, 0.29) is 5.91 Å². The van der Waals surface area contributed by atoms with Crippen LogP contribution >= 0.6 is 27.7 Å². The zero-order valence-electron chi connectivity index (χ0n) is 11.7. The Morgan fingerprint density at radius 2 is 1.95 bits per heavy atom. The van der Waals surface area contributed by atoms with Crippen LogP contribution in [0, 0.1) is 0 Å². The van der Waals surface area contributed by atoms with Crippen LogP contribution in [-0.4, -0.2) is 29.1 Å². The standard InChI is InChI=1S/C16H17BrN2OS/c17-13-7-5-6-12(10-13)11-14-15(20)18-16(21-14)19-8-3-1-2-4-9-19/h5-7,10-11H,1-4,8-9H2. The highest BCUT2D eigenvalue weighted by Crippen LogP contribution is 2.31. The third-order valence-electron chi connectivity index (χ3n) is 3.63. The highest BCUT2D eigenvalue weighted by atomic mass is 79.9. The number of halogens is 1. The third kappa shape index (κ3) is 3.77. The number of hydrogen-bond donors (Lipinski definition) is 0. The van der Waals surface area contributed by atoms with Gasteiger partial charge < -0.3 is 4.90 Å². The summed E-state index contributed by atoms with van der Waals surface area (Å²) in [7, 11) is 0. The van der Waals surface area contributed by atoms with E-state index < -0.39 is 0 Å². The van der Waals surface area contributed by atoms with Crippen molar-refractivity contribution in [3.63, 3.8) is 0 Å². The Bertz CT molecular complexity index is 604. The van der Waals surface area contributed by atoms with E-state index >= 15 is 0 Å². The molecule has 3 nitrogen and oxygen atoms in total. The molecule has 0 spiro atoms. The van der Waals surface area contributed by atoms with E-state index in [2.05, 4.69) is 25.8 Å². The summed E-state index contributed by atoms with van der Waals surface area (Å²) < 4.78 is 1.01. The minimum absolute atomic E-state index is 0.112. The summed E-state index contributed by atoms with van der Waals surface area (Å²) in [4.78, 5) is 19.3. The van der Waals surface area contributed by atoms with Gasteiger partial charge in [-0.05, 0) is 48.4 Å². The number of amidine groups is 1. The normalized spacial score (nSPS) is 21.6. The minimum atomic E-state index is -0.112. The molecule has 1 aromatic carbocycles. The number of benzene rings is 1. The van der Waals surface area contributed by atoms with Crippen molar-refractivity contribution in [1.29, 1.82) is 0 Å². The maximum atomic E-state index is 12.1. The molecule has 3 rings (SSSR count). The number of amides is 1. The topological polar surface area (TPSA) is 32.7 Å². The summed E-state index contributed by atoms with van der Waals surface area (Å²) in [6, 6.07) is 7.95. The average Bonchev–Trinajstić information content (AvgIpc) is 2.68. The van der Waals surface area contributed by atoms with Crippen LogP contribution in [-0.2, 0) is 4.79 Å². The molecule has 5 heteroatoms. The molecule has 0 atom stereocenters. The molecule has 0 saturated carbocycles. The molecule has 110 valence electrons. The Balaban J connectivity index is 1.75. The van der Waals surface area contributed by atoms with E-state index in [0.29, 0.717) is 4.91 Å². The molecule has 2 heterocycles. The molecule has 0 N–H and O–H groups in total. The summed E-state index contributed by atoms with van der Waals surface area (Å²) in [6.07, 6.45) is 6.87. The molecule has 2 aliphatic rings. The van der Waals surface area contributed by atoms with E-state index in [1.165, 1.54) is 37.4 Å². The van der Waals surface area contributed by atoms with E-state index in [0.717, 1.165) is 28.3 Å². The first-order valence-electron chi connectivity index (χ1n) is 7.25. The molecular formula is C16H17BrN2OS. The van der Waals surface area contributed by atoms with E-state index in [9.17, 15) is 4.79 Å². The van der Waals surface area contributed by atoms with Gasteiger partial charge in [0, 0.05) is 17.6 Å². The largest absolute Gasteiger partial charge is 0.351 e. The van der Waals surface area contributed by atoms with Crippen molar-refractivity contribution in [2.75, 3.05) is 13.1 Å². The SMILES string of the molecule is O=C1N=C(N2CCCCCC2)SC1=Cc1cccc(Br)c1. The van der Waals surface area contributed by atoms with Crippen molar-refractivity contribution < 1.29 is 4.79 Å². The Hall–Kier alpha value is -1.07. The molecule has 1 fully saturated rings. The lowest BCUT2D eigenvalue weighted by molar-refractivity contribution is -0.113. The van der Waals surface area contributed by atoms with Crippen LogP contribution in [0.4, 0.5) is 0 Å². The first-order valence-corrected chi connectivity index (χ1v) is 8.86. The second kappa shape index (κ2) is 6.79. The van der Waals surface area contributed by atoms with Crippen LogP contribution in [0.5, 0.6) is 0 Å². The van der Waals surface area contributed by atoms with Crippen molar-refractivity contribution in [1.82, 2.24) is 4.90 Å². The molecule has 1 aromatic rings. The summed E-state index contributed by atoms with van der Waals surface area (Å²) in [5, 5.41) is 0.878. The lowest BCUT2D eigenvalue weighted by atomic mass is 10.2. The predicted molar refractivity (Wildman–Crippen MR) is 92.2 cm³/mol. The molecular weight excluding hydrogens is 348 g/mol. The number of rotatable bonds is 1. The van der Waals surface area contributed by atoms with Gasteiger partial charge in [-0.15, -0.1) is 0 Å². The second-order valence-electron chi connectivity index (χ2n) is 5.27. The fraction of sp³-hybridized carbons (Fsp3) is 0.375. The van der Waals surface area contributed by atoms with Gasteiger partial charge in [0.2, 0.25) is 0 Å². The van der Waals surface area contributed by atoms with Crippen LogP contribution in [0.1, 0.15) is 31.2 Å². The smallest absolute Gasteiger partial charge is 0.286 e. The lowest BCUT2D eigenvalue weighted by Crippen LogP contribution is -2.28. The Morgan fingerprint density at radius 1 is 1.19 bits per heavy atom. The molecule has 0 bridgehead atoms. The first kappa shape index (κ1) is 14.9. The van der Waals surface area contributed by atoms with Crippen LogP contribution in [0.15, 0.2) is 38.6 Å². The molecule has 0 aliphatic carbocycles. The summed E-state index contributed by atoms with van der Waals surface area (Å²) in [5.74, 6) is -0.112. The average molecular weight is 365 g/mol. The summed E-state index contributed by atoms with van der Waals surface area (Å²) >= 11 is 4.96. The second-order valence-corrected chi connectivity index (χ2v) is 7.19. The van der Waals surface area contributed by atoms with E-state index in [1.54, 1.807) is 0 Å². The number of likely N-dealkylation sites (tertiary alicyclic amines) is 1. The van der Waals surface area contributed by atoms with Crippen molar-refractivity contribution in [3.05, 3.63) is 39.2 Å². The Kier molecular flexibility index (Phi) is 4.80. The Labute approximate surface area is 137 Å². The zero-order valence-corrected chi connectivity index (χ0v) is 14.1. The summed E-state index contributed by atoms with van der Waals surface area (Å²) in [6.45, 7) is 2.03. The highest BCUT2D eigenvalue weighted by molar-refractivity contribution is 9.10. The van der Waals surface area contributed by atoms with Crippen LogP contribution in [0.3, 0.4) is 0 Å². The van der Waals surface area contributed by atoms with Crippen LogP contribution in [0.25, 0.3) is 6.08 Å². The zero-order chi connectivity index (χ0) is 14.7. The van der Waals surface area contributed by atoms with Crippen LogP contribution in [0.2, 0.25) is 0 Å². The fourth-order valence-corrected chi connectivity index (χ4v) is 3.92. The van der Waals surface area contributed by atoms with Crippen LogP contribution < -0.4 is 0 Å². The molecule has 0 unspecified atom stereocenters. The number of hydrogen-bond acceptors (Lipinski definition) is 3.